The van der Waals surface area contributed by atoms with Crippen molar-refractivity contribution in [1.29, 1.82) is 0 Å². The number of aromatic hydroxyl groups is 1. The summed E-state index contributed by atoms with van der Waals surface area (Å²) in [5, 5.41) is 9.42. The van der Waals surface area contributed by atoms with Gasteiger partial charge in [-0.15, -0.1) is 0 Å². The molecule has 2 heteroatoms. The van der Waals surface area contributed by atoms with Crippen LogP contribution in [0.4, 0.5) is 0 Å². The van der Waals surface area contributed by atoms with E-state index in [2.05, 4.69) is 31.1 Å². The molecule has 0 aromatic heterocycles. The maximum Gasteiger partial charge on any atom is 0.115 e. The minimum Gasteiger partial charge on any atom is -0.508 e. The summed E-state index contributed by atoms with van der Waals surface area (Å²) in [7, 11) is 4.30. The fraction of sp³-hybridized carbons (Fsp3) is 0.625. The van der Waals surface area contributed by atoms with E-state index >= 15 is 0 Å². The maximum absolute atomic E-state index is 9.42. The van der Waals surface area contributed by atoms with Gasteiger partial charge in [-0.3, -0.25) is 0 Å². The van der Waals surface area contributed by atoms with Crippen LogP contribution in [0.25, 0.3) is 0 Å². The summed E-state index contributed by atoms with van der Waals surface area (Å²) in [5.41, 5.74) is 1.38. The molecule has 1 aromatic rings. The Balaban J connectivity index is 2.15. The van der Waals surface area contributed by atoms with E-state index in [0.717, 1.165) is 12.5 Å². The van der Waals surface area contributed by atoms with E-state index in [-0.39, 0.29) is 0 Å². The Morgan fingerprint density at radius 1 is 1.11 bits per heavy atom. The van der Waals surface area contributed by atoms with Gasteiger partial charge in [0, 0.05) is 6.54 Å². The molecule has 1 fully saturated rings. The second-order valence-electron chi connectivity index (χ2n) is 5.86. The Morgan fingerprint density at radius 3 is 2.28 bits per heavy atom. The summed E-state index contributed by atoms with van der Waals surface area (Å²) in [6.45, 7) is 1.11. The van der Waals surface area contributed by atoms with Crippen molar-refractivity contribution in [2.45, 2.75) is 38.0 Å². The van der Waals surface area contributed by atoms with Crippen molar-refractivity contribution < 1.29 is 5.11 Å². The van der Waals surface area contributed by atoms with Gasteiger partial charge < -0.3 is 10.0 Å². The van der Waals surface area contributed by atoms with Crippen LogP contribution in [0.5, 0.6) is 5.75 Å². The average molecular weight is 247 g/mol. The Hall–Kier alpha value is -1.02. The molecule has 0 amide bonds. The fourth-order valence-corrected chi connectivity index (χ4v) is 3.18. The van der Waals surface area contributed by atoms with E-state index in [1.54, 1.807) is 0 Å². The van der Waals surface area contributed by atoms with Crippen LogP contribution in [0.15, 0.2) is 24.3 Å². The third-order valence-corrected chi connectivity index (χ3v) is 4.10. The molecule has 0 bridgehead atoms. The minimum absolute atomic E-state index is 0.367. The molecule has 18 heavy (non-hydrogen) atoms. The molecule has 0 heterocycles. The molecule has 2 rings (SSSR count). The van der Waals surface area contributed by atoms with Gasteiger partial charge in [-0.25, -0.2) is 0 Å². The van der Waals surface area contributed by atoms with Gasteiger partial charge in [0.2, 0.25) is 0 Å². The number of hydrogen-bond donors (Lipinski definition) is 1. The lowest BCUT2D eigenvalue weighted by Crippen LogP contribution is -2.27. The van der Waals surface area contributed by atoms with Crippen LogP contribution in [-0.2, 0) is 0 Å². The van der Waals surface area contributed by atoms with Gasteiger partial charge in [0.05, 0.1) is 0 Å². The topological polar surface area (TPSA) is 23.5 Å². The van der Waals surface area contributed by atoms with Crippen molar-refractivity contribution in [3.05, 3.63) is 29.8 Å². The van der Waals surface area contributed by atoms with Crippen LogP contribution >= 0.6 is 0 Å². The highest BCUT2D eigenvalue weighted by Gasteiger charge is 2.25. The van der Waals surface area contributed by atoms with Crippen molar-refractivity contribution in [2.75, 3.05) is 20.6 Å². The summed E-state index contributed by atoms with van der Waals surface area (Å²) in [4.78, 5) is 2.28. The van der Waals surface area contributed by atoms with Crippen LogP contribution in [0, 0.1) is 5.92 Å². The summed E-state index contributed by atoms with van der Waals surface area (Å²) >= 11 is 0. The number of phenolic OH excluding ortho intramolecular Hbond substituents is 1. The highest BCUT2D eigenvalue weighted by Crippen LogP contribution is 2.36. The van der Waals surface area contributed by atoms with Crippen LogP contribution in [-0.4, -0.2) is 30.6 Å². The zero-order valence-corrected chi connectivity index (χ0v) is 11.6. The first-order valence-electron chi connectivity index (χ1n) is 7.10. The SMILES string of the molecule is CN(C)C[C@@H](c1ccc(O)cc1)C1CCCCC1. The molecule has 1 aliphatic carbocycles. The Bertz CT molecular complexity index is 352. The monoisotopic (exact) mass is 247 g/mol. The first-order chi connectivity index (χ1) is 8.66. The lowest BCUT2D eigenvalue weighted by molar-refractivity contribution is 0.253. The first kappa shape index (κ1) is 13.4. The summed E-state index contributed by atoms with van der Waals surface area (Å²) in [5.74, 6) is 1.79. The van der Waals surface area contributed by atoms with Gasteiger partial charge in [0.1, 0.15) is 5.75 Å². The van der Waals surface area contributed by atoms with Crippen LogP contribution in [0.1, 0.15) is 43.6 Å². The molecule has 0 unspecified atom stereocenters. The van der Waals surface area contributed by atoms with Gasteiger partial charge in [0.15, 0.2) is 0 Å². The number of nitrogens with zero attached hydrogens (tertiary/aromatic N) is 1. The molecule has 1 aliphatic rings. The first-order valence-corrected chi connectivity index (χ1v) is 7.10. The summed E-state index contributed by atoms with van der Waals surface area (Å²) in [6, 6.07) is 7.83. The molecule has 1 saturated carbocycles. The maximum atomic E-state index is 9.42. The zero-order chi connectivity index (χ0) is 13.0. The number of rotatable bonds is 4. The van der Waals surface area contributed by atoms with Gasteiger partial charge in [-0.05, 0) is 56.5 Å². The predicted molar refractivity (Wildman–Crippen MR) is 76.0 cm³/mol. The van der Waals surface area contributed by atoms with Gasteiger partial charge >= 0.3 is 0 Å². The molecular weight excluding hydrogens is 222 g/mol. The van der Waals surface area contributed by atoms with Crippen molar-refractivity contribution in [2.24, 2.45) is 5.92 Å². The Morgan fingerprint density at radius 2 is 1.72 bits per heavy atom. The van der Waals surface area contributed by atoms with Crippen LogP contribution in [0.2, 0.25) is 0 Å². The van der Waals surface area contributed by atoms with Crippen LogP contribution in [0.3, 0.4) is 0 Å². The third-order valence-electron chi connectivity index (χ3n) is 4.10. The van der Waals surface area contributed by atoms with E-state index in [9.17, 15) is 5.11 Å². The van der Waals surface area contributed by atoms with Crippen molar-refractivity contribution in [3.63, 3.8) is 0 Å². The second-order valence-corrected chi connectivity index (χ2v) is 5.86. The molecule has 0 spiro atoms. The molecule has 0 radical (unpaired) electrons. The van der Waals surface area contributed by atoms with Crippen molar-refractivity contribution in [3.8, 4) is 5.75 Å². The second kappa shape index (κ2) is 6.24. The largest absolute Gasteiger partial charge is 0.508 e. The molecule has 0 saturated heterocycles. The number of benzene rings is 1. The van der Waals surface area contributed by atoms with Crippen molar-refractivity contribution in [1.82, 2.24) is 4.90 Å². The molecule has 1 aromatic carbocycles. The lowest BCUT2D eigenvalue weighted by Gasteiger charge is -2.32. The summed E-state index contributed by atoms with van der Waals surface area (Å²) < 4.78 is 0. The van der Waals surface area contributed by atoms with E-state index in [1.807, 2.05) is 12.1 Å². The van der Waals surface area contributed by atoms with Crippen molar-refractivity contribution >= 4 is 0 Å². The third kappa shape index (κ3) is 3.49. The quantitative estimate of drug-likeness (QED) is 0.878. The van der Waals surface area contributed by atoms with E-state index in [4.69, 9.17) is 0 Å². The molecule has 1 N–H and O–H groups in total. The zero-order valence-electron chi connectivity index (χ0n) is 11.6. The average Bonchev–Trinajstić information content (AvgIpc) is 2.38. The molecule has 100 valence electrons. The molecule has 0 aliphatic heterocycles. The molecule has 2 nitrogen and oxygen atoms in total. The Kier molecular flexibility index (Phi) is 4.65. The Labute approximate surface area is 111 Å². The van der Waals surface area contributed by atoms with E-state index in [0.29, 0.717) is 11.7 Å². The van der Waals surface area contributed by atoms with Gasteiger partial charge in [-0.2, -0.15) is 0 Å². The highest BCUT2D eigenvalue weighted by atomic mass is 16.3. The van der Waals surface area contributed by atoms with Gasteiger partial charge in [-0.1, -0.05) is 31.4 Å². The minimum atomic E-state index is 0.367. The highest BCUT2D eigenvalue weighted by molar-refractivity contribution is 5.29. The molecular formula is C16H25NO. The van der Waals surface area contributed by atoms with E-state index in [1.165, 1.54) is 37.7 Å². The van der Waals surface area contributed by atoms with Crippen LogP contribution < -0.4 is 0 Å². The standard InChI is InChI=1S/C16H25NO/c1-17(2)12-16(13-6-4-3-5-7-13)14-8-10-15(18)11-9-14/h8-11,13,16,18H,3-7,12H2,1-2H3/t16-/m1/s1. The number of phenols is 1. The molecule has 1 atom stereocenters. The lowest BCUT2D eigenvalue weighted by atomic mass is 9.76. The fourth-order valence-electron chi connectivity index (χ4n) is 3.18. The predicted octanol–water partition coefficient (Wildman–Crippen LogP) is 3.62. The normalized spacial score (nSPS) is 19.1. The van der Waals surface area contributed by atoms with Gasteiger partial charge in [0.25, 0.3) is 0 Å². The summed E-state index contributed by atoms with van der Waals surface area (Å²) in [6.07, 6.45) is 6.89. The number of hydrogen-bond acceptors (Lipinski definition) is 2. The number of likely N-dealkylation sites (N-methyl/N-ethyl adjacent to an activating group) is 1. The van der Waals surface area contributed by atoms with E-state index < -0.39 is 0 Å². The smallest absolute Gasteiger partial charge is 0.115 e.